The predicted molar refractivity (Wildman–Crippen MR) is 119 cm³/mol. The van der Waals surface area contributed by atoms with Crippen LogP contribution < -0.4 is 5.32 Å². The Kier molecular flexibility index (Phi) is 10.6. The molecule has 0 aromatic carbocycles. The summed E-state index contributed by atoms with van der Waals surface area (Å²) in [4.78, 5) is 12.5. The van der Waals surface area contributed by atoms with Crippen LogP contribution in [0.25, 0.3) is 0 Å². The van der Waals surface area contributed by atoms with Crippen LogP contribution in [0, 0.1) is 11.8 Å². The maximum atomic E-state index is 4.98. The number of likely N-dealkylation sites (N-methyl/N-ethyl adjacent to an activating group) is 1. The first-order valence-electron chi connectivity index (χ1n) is 9.95. The third-order valence-corrected chi connectivity index (χ3v) is 5.39. The molecule has 0 saturated carbocycles. The Morgan fingerprint density at radius 3 is 2.40 bits per heavy atom. The number of nitrogens with one attached hydrogen (secondary N) is 1. The summed E-state index contributed by atoms with van der Waals surface area (Å²) < 4.78 is 0. The van der Waals surface area contributed by atoms with Crippen LogP contribution in [0.5, 0.6) is 0 Å². The second kappa shape index (κ2) is 11.6. The van der Waals surface area contributed by atoms with Gasteiger partial charge in [-0.2, -0.15) is 0 Å². The molecule has 2 fully saturated rings. The highest BCUT2D eigenvalue weighted by atomic mass is 127. The van der Waals surface area contributed by atoms with Crippen molar-refractivity contribution in [2.24, 2.45) is 16.8 Å². The van der Waals surface area contributed by atoms with Crippen molar-refractivity contribution in [1.82, 2.24) is 20.0 Å². The standard InChI is InChI=1S/C19H39N5.HI/c1-6-20-19(24-8-7-18(15-24)13-16(2)3)21-14-17(4)23-11-9-22(5)10-12-23;/h16-18H,6-15H2,1-5H3,(H,20,21);1H. The molecule has 0 bridgehead atoms. The second-order valence-corrected chi connectivity index (χ2v) is 8.11. The van der Waals surface area contributed by atoms with Crippen LogP contribution in [0.3, 0.4) is 0 Å². The van der Waals surface area contributed by atoms with Crippen LogP contribution in [-0.4, -0.2) is 86.1 Å². The largest absolute Gasteiger partial charge is 0.357 e. The minimum atomic E-state index is 0. The molecule has 2 unspecified atom stereocenters. The smallest absolute Gasteiger partial charge is 0.193 e. The number of aliphatic imine (C=N–C) groups is 1. The summed E-state index contributed by atoms with van der Waals surface area (Å²) in [5.41, 5.74) is 0. The van der Waals surface area contributed by atoms with E-state index in [4.69, 9.17) is 4.99 Å². The summed E-state index contributed by atoms with van der Waals surface area (Å²) in [6.07, 6.45) is 2.66. The molecule has 148 valence electrons. The number of rotatable bonds is 6. The van der Waals surface area contributed by atoms with E-state index in [1.165, 1.54) is 45.6 Å². The first-order chi connectivity index (χ1) is 11.5. The van der Waals surface area contributed by atoms with E-state index in [2.05, 4.69) is 54.8 Å². The fraction of sp³-hybridized carbons (Fsp3) is 0.947. The van der Waals surface area contributed by atoms with Crippen molar-refractivity contribution in [3.8, 4) is 0 Å². The van der Waals surface area contributed by atoms with Gasteiger partial charge in [-0.3, -0.25) is 9.89 Å². The highest BCUT2D eigenvalue weighted by molar-refractivity contribution is 14.0. The summed E-state index contributed by atoms with van der Waals surface area (Å²) in [6.45, 7) is 18.0. The maximum absolute atomic E-state index is 4.98. The van der Waals surface area contributed by atoms with Gasteiger partial charge < -0.3 is 15.1 Å². The molecule has 2 heterocycles. The molecule has 2 rings (SSSR count). The van der Waals surface area contributed by atoms with Gasteiger partial charge in [0.2, 0.25) is 0 Å². The number of likely N-dealkylation sites (tertiary alicyclic amines) is 1. The van der Waals surface area contributed by atoms with Crippen molar-refractivity contribution in [3.05, 3.63) is 0 Å². The first-order valence-corrected chi connectivity index (χ1v) is 9.95. The van der Waals surface area contributed by atoms with Gasteiger partial charge in [0.05, 0.1) is 6.54 Å². The molecule has 2 saturated heterocycles. The molecule has 2 atom stereocenters. The Morgan fingerprint density at radius 1 is 1.12 bits per heavy atom. The van der Waals surface area contributed by atoms with Crippen LogP contribution in [0.4, 0.5) is 0 Å². The lowest BCUT2D eigenvalue weighted by atomic mass is 9.97. The lowest BCUT2D eigenvalue weighted by molar-refractivity contribution is 0.122. The highest BCUT2D eigenvalue weighted by Gasteiger charge is 2.26. The van der Waals surface area contributed by atoms with Gasteiger partial charge in [0.25, 0.3) is 0 Å². The summed E-state index contributed by atoms with van der Waals surface area (Å²) in [5, 5.41) is 3.51. The zero-order valence-electron chi connectivity index (χ0n) is 17.0. The normalized spacial score (nSPS) is 24.5. The van der Waals surface area contributed by atoms with E-state index in [1.54, 1.807) is 0 Å². The van der Waals surface area contributed by atoms with Gasteiger partial charge >= 0.3 is 0 Å². The molecular weight excluding hydrogens is 425 g/mol. The van der Waals surface area contributed by atoms with Gasteiger partial charge in [-0.05, 0) is 45.6 Å². The Labute approximate surface area is 172 Å². The maximum Gasteiger partial charge on any atom is 0.193 e. The van der Waals surface area contributed by atoms with Crippen LogP contribution in [0.15, 0.2) is 4.99 Å². The zero-order chi connectivity index (χ0) is 17.5. The van der Waals surface area contributed by atoms with Crippen molar-refractivity contribution >= 4 is 29.9 Å². The quantitative estimate of drug-likeness (QED) is 0.372. The predicted octanol–water partition coefficient (Wildman–Crippen LogP) is 2.57. The van der Waals surface area contributed by atoms with Crippen LogP contribution in [0.2, 0.25) is 0 Å². The van der Waals surface area contributed by atoms with Gasteiger partial charge in [-0.1, -0.05) is 13.8 Å². The van der Waals surface area contributed by atoms with Crippen molar-refractivity contribution in [2.45, 2.75) is 46.6 Å². The lowest BCUT2D eigenvalue weighted by Gasteiger charge is -2.36. The number of halogens is 1. The Bertz CT molecular complexity index is 393. The number of hydrogen-bond acceptors (Lipinski definition) is 3. The van der Waals surface area contributed by atoms with Gasteiger partial charge in [0.15, 0.2) is 5.96 Å². The number of hydrogen-bond donors (Lipinski definition) is 1. The van der Waals surface area contributed by atoms with E-state index in [-0.39, 0.29) is 24.0 Å². The molecule has 1 N–H and O–H groups in total. The van der Waals surface area contributed by atoms with Gasteiger partial charge in [0.1, 0.15) is 0 Å². The molecule has 0 aliphatic carbocycles. The third kappa shape index (κ3) is 7.59. The van der Waals surface area contributed by atoms with Crippen LogP contribution in [0.1, 0.15) is 40.5 Å². The molecule has 0 radical (unpaired) electrons. The minimum absolute atomic E-state index is 0. The molecule has 0 aromatic rings. The van der Waals surface area contributed by atoms with Gasteiger partial charge in [-0.15, -0.1) is 24.0 Å². The van der Waals surface area contributed by atoms with Crippen molar-refractivity contribution in [2.75, 3.05) is 59.4 Å². The van der Waals surface area contributed by atoms with E-state index in [0.717, 1.165) is 37.4 Å². The molecule has 2 aliphatic rings. The molecule has 2 aliphatic heterocycles. The van der Waals surface area contributed by atoms with Crippen LogP contribution in [-0.2, 0) is 0 Å². The Hall–Kier alpha value is -0.0800. The van der Waals surface area contributed by atoms with Crippen molar-refractivity contribution < 1.29 is 0 Å². The second-order valence-electron chi connectivity index (χ2n) is 8.11. The minimum Gasteiger partial charge on any atom is -0.357 e. The average molecular weight is 465 g/mol. The van der Waals surface area contributed by atoms with E-state index < -0.39 is 0 Å². The lowest BCUT2D eigenvalue weighted by Crippen LogP contribution is -2.49. The fourth-order valence-electron chi connectivity index (χ4n) is 3.91. The molecule has 0 amide bonds. The molecule has 0 spiro atoms. The Morgan fingerprint density at radius 2 is 1.80 bits per heavy atom. The van der Waals surface area contributed by atoms with E-state index in [9.17, 15) is 0 Å². The Balaban J connectivity index is 0.00000312. The molecule has 6 heteroatoms. The van der Waals surface area contributed by atoms with E-state index in [1.807, 2.05) is 0 Å². The number of piperazine rings is 1. The number of nitrogens with zero attached hydrogens (tertiary/aromatic N) is 4. The van der Waals surface area contributed by atoms with Gasteiger partial charge in [-0.25, -0.2) is 0 Å². The van der Waals surface area contributed by atoms with E-state index >= 15 is 0 Å². The third-order valence-electron chi connectivity index (χ3n) is 5.39. The summed E-state index contributed by atoms with van der Waals surface area (Å²) in [6, 6.07) is 0.529. The van der Waals surface area contributed by atoms with E-state index in [0.29, 0.717) is 6.04 Å². The fourth-order valence-corrected chi connectivity index (χ4v) is 3.91. The van der Waals surface area contributed by atoms with Crippen LogP contribution >= 0.6 is 24.0 Å². The topological polar surface area (TPSA) is 34.1 Å². The molecule has 0 aromatic heterocycles. The van der Waals surface area contributed by atoms with Crippen molar-refractivity contribution in [3.63, 3.8) is 0 Å². The molecular formula is C19H40IN5. The highest BCUT2D eigenvalue weighted by Crippen LogP contribution is 2.23. The molecule has 25 heavy (non-hydrogen) atoms. The van der Waals surface area contributed by atoms with Gasteiger partial charge in [0, 0.05) is 51.9 Å². The summed E-state index contributed by atoms with van der Waals surface area (Å²) >= 11 is 0. The summed E-state index contributed by atoms with van der Waals surface area (Å²) in [7, 11) is 2.21. The zero-order valence-corrected chi connectivity index (χ0v) is 19.3. The SMILES string of the molecule is CCNC(=NCC(C)N1CCN(C)CC1)N1CCC(CC(C)C)C1.I. The monoisotopic (exact) mass is 465 g/mol. The number of guanidine groups is 1. The van der Waals surface area contributed by atoms with Crippen molar-refractivity contribution in [1.29, 1.82) is 0 Å². The first kappa shape index (κ1) is 23.0. The molecule has 5 nitrogen and oxygen atoms in total. The summed E-state index contributed by atoms with van der Waals surface area (Å²) in [5.74, 6) is 2.76. The average Bonchev–Trinajstić information content (AvgIpc) is 2.99.